The van der Waals surface area contributed by atoms with E-state index in [0.29, 0.717) is 29.1 Å². The van der Waals surface area contributed by atoms with Gasteiger partial charge >= 0.3 is 0 Å². The predicted octanol–water partition coefficient (Wildman–Crippen LogP) is 4.05. The minimum absolute atomic E-state index is 0.00140. The number of fused-ring (bicyclic) bond motifs is 1. The summed E-state index contributed by atoms with van der Waals surface area (Å²) in [5, 5.41) is 14.0. The molecule has 0 unspecified atom stereocenters. The van der Waals surface area contributed by atoms with E-state index >= 15 is 0 Å². The molecule has 0 aliphatic heterocycles. The largest absolute Gasteiger partial charge is 0.328 e. The van der Waals surface area contributed by atoms with Crippen molar-refractivity contribution in [2.45, 2.75) is 25.8 Å². The van der Waals surface area contributed by atoms with Gasteiger partial charge in [-0.2, -0.15) is 4.98 Å². The fourth-order valence-electron chi connectivity index (χ4n) is 4.30. The Labute approximate surface area is 218 Å². The van der Waals surface area contributed by atoms with Crippen molar-refractivity contribution < 1.29 is 4.79 Å². The van der Waals surface area contributed by atoms with E-state index in [0.717, 1.165) is 35.4 Å². The van der Waals surface area contributed by atoms with E-state index in [1.54, 1.807) is 16.8 Å². The van der Waals surface area contributed by atoms with Crippen LogP contribution in [-0.2, 0) is 4.79 Å². The first-order chi connectivity index (χ1) is 18.5. The molecule has 0 spiro atoms. The number of amides is 1. The molecule has 1 amide bonds. The molecule has 5 N–H and O–H groups in total. The lowest BCUT2D eigenvalue weighted by molar-refractivity contribution is -0.122. The lowest BCUT2D eigenvalue weighted by atomic mass is 9.80. The number of anilines is 5. The molecule has 4 aromatic heterocycles. The number of nitrogens with one attached hydrogen (secondary N) is 3. The van der Waals surface area contributed by atoms with E-state index in [2.05, 4.69) is 36.0 Å². The number of nitrogens with zero attached hydrogens (tertiary/aromatic N) is 6. The van der Waals surface area contributed by atoms with Crippen LogP contribution in [0.15, 0.2) is 73.1 Å². The molecule has 4 heterocycles. The molecule has 1 saturated carbocycles. The molecule has 0 atom stereocenters. The normalized spacial score (nSPS) is 16.6. The van der Waals surface area contributed by atoms with Crippen molar-refractivity contribution in [2.24, 2.45) is 11.7 Å². The van der Waals surface area contributed by atoms with E-state index < -0.39 is 0 Å². The molecule has 5 aromatic rings. The first-order valence-electron chi connectivity index (χ1n) is 12.3. The summed E-state index contributed by atoms with van der Waals surface area (Å²) in [7, 11) is 0. The summed E-state index contributed by atoms with van der Waals surface area (Å²) in [5.41, 5.74) is 9.68. The molecule has 6 rings (SSSR count). The molecule has 11 heteroatoms. The zero-order valence-corrected chi connectivity index (χ0v) is 20.7. The highest BCUT2D eigenvalue weighted by Gasteiger charge is 2.31. The highest BCUT2D eigenvalue weighted by Crippen LogP contribution is 2.27. The third-order valence-electron chi connectivity index (χ3n) is 6.36. The fourth-order valence-corrected chi connectivity index (χ4v) is 4.30. The van der Waals surface area contributed by atoms with Crippen molar-refractivity contribution in [3.63, 3.8) is 0 Å². The van der Waals surface area contributed by atoms with E-state index in [4.69, 9.17) is 10.7 Å². The maximum absolute atomic E-state index is 12.3. The van der Waals surface area contributed by atoms with Gasteiger partial charge in [0.15, 0.2) is 5.82 Å². The second-order valence-corrected chi connectivity index (χ2v) is 9.30. The van der Waals surface area contributed by atoms with Crippen LogP contribution in [0.5, 0.6) is 0 Å². The van der Waals surface area contributed by atoms with Crippen LogP contribution in [0.3, 0.4) is 0 Å². The summed E-state index contributed by atoms with van der Waals surface area (Å²) in [6.07, 6.45) is 5.00. The number of aryl methyl sites for hydroxylation is 1. The summed E-state index contributed by atoms with van der Waals surface area (Å²) in [6.45, 7) is 1.93. The average Bonchev–Trinajstić information content (AvgIpc) is 3.37. The number of carbonyl (C=O) groups excluding carboxylic acids is 1. The predicted molar refractivity (Wildman–Crippen MR) is 145 cm³/mol. The SMILES string of the molecule is Cc1cccc(-c2nc(Nc3ccnc(Nc4ccc(NC(=O)[C@H]5C[C@@H](N)C5)cc4)n3)c3cccn3n2)n1. The van der Waals surface area contributed by atoms with Crippen LogP contribution in [-0.4, -0.2) is 41.5 Å². The average molecular weight is 507 g/mol. The number of hydrogen-bond acceptors (Lipinski definition) is 9. The molecule has 11 nitrogen and oxygen atoms in total. The molecule has 0 bridgehead atoms. The molecular formula is C27H26N10O. The van der Waals surface area contributed by atoms with E-state index in [-0.39, 0.29) is 17.9 Å². The zero-order valence-electron chi connectivity index (χ0n) is 20.7. The third-order valence-corrected chi connectivity index (χ3v) is 6.36. The minimum atomic E-state index is -0.00140. The van der Waals surface area contributed by atoms with Gasteiger partial charge in [0.1, 0.15) is 17.0 Å². The molecule has 38 heavy (non-hydrogen) atoms. The van der Waals surface area contributed by atoms with Crippen LogP contribution in [0.2, 0.25) is 0 Å². The lowest BCUT2D eigenvalue weighted by Gasteiger charge is -2.31. The van der Waals surface area contributed by atoms with Crippen molar-refractivity contribution in [1.82, 2.24) is 29.5 Å². The number of aromatic nitrogens is 6. The van der Waals surface area contributed by atoms with Crippen molar-refractivity contribution >= 4 is 40.4 Å². The Balaban J connectivity index is 1.18. The molecule has 0 radical (unpaired) electrons. The number of hydrogen-bond donors (Lipinski definition) is 4. The van der Waals surface area contributed by atoms with Gasteiger partial charge in [0.2, 0.25) is 17.7 Å². The van der Waals surface area contributed by atoms with Crippen LogP contribution in [0.1, 0.15) is 18.5 Å². The zero-order chi connectivity index (χ0) is 26.1. The van der Waals surface area contributed by atoms with Gasteiger partial charge in [0.05, 0.1) is 0 Å². The van der Waals surface area contributed by atoms with Crippen molar-refractivity contribution in [3.05, 3.63) is 78.8 Å². The molecule has 1 aliphatic carbocycles. The minimum Gasteiger partial charge on any atom is -0.328 e. The first-order valence-corrected chi connectivity index (χ1v) is 12.3. The first kappa shape index (κ1) is 23.5. The van der Waals surface area contributed by atoms with Gasteiger partial charge in [-0.05, 0) is 74.4 Å². The number of benzene rings is 1. The number of rotatable bonds is 7. The standard InChI is InChI=1S/C27H26N10O/c1-16-4-2-5-21(30-16)24-35-25(22-6-3-13-37(22)36-24)33-23-11-12-29-27(34-23)32-20-9-7-19(8-10-20)31-26(38)17-14-18(28)15-17/h2-13,17-18H,14-15,28H2,1H3,(H,31,38)(H2,29,32,33,34,35,36)/t17-,18+. The Morgan fingerprint density at radius 1 is 0.947 bits per heavy atom. The molecule has 1 aromatic carbocycles. The number of pyridine rings is 1. The second-order valence-electron chi connectivity index (χ2n) is 9.30. The molecular weight excluding hydrogens is 480 g/mol. The maximum atomic E-state index is 12.3. The summed E-state index contributed by atoms with van der Waals surface area (Å²) < 4.78 is 1.76. The second kappa shape index (κ2) is 9.87. The Kier molecular flexibility index (Phi) is 6.10. The third kappa shape index (κ3) is 5.00. The van der Waals surface area contributed by atoms with E-state index in [1.165, 1.54) is 0 Å². The maximum Gasteiger partial charge on any atom is 0.229 e. The van der Waals surface area contributed by atoms with Crippen LogP contribution >= 0.6 is 0 Å². The summed E-state index contributed by atoms with van der Waals surface area (Å²) >= 11 is 0. The lowest BCUT2D eigenvalue weighted by Crippen LogP contribution is -2.42. The molecule has 1 aliphatic rings. The van der Waals surface area contributed by atoms with Crippen LogP contribution < -0.4 is 21.7 Å². The van der Waals surface area contributed by atoms with Crippen molar-refractivity contribution in [2.75, 3.05) is 16.0 Å². The van der Waals surface area contributed by atoms with Gasteiger partial charge < -0.3 is 21.7 Å². The highest BCUT2D eigenvalue weighted by molar-refractivity contribution is 5.93. The number of nitrogens with two attached hydrogens (primary N) is 1. The van der Waals surface area contributed by atoms with Crippen molar-refractivity contribution in [1.29, 1.82) is 0 Å². The molecule has 190 valence electrons. The summed E-state index contributed by atoms with van der Waals surface area (Å²) in [6, 6.07) is 18.9. The smallest absolute Gasteiger partial charge is 0.229 e. The van der Waals surface area contributed by atoms with E-state index in [1.807, 2.05) is 67.7 Å². The quantitative estimate of drug-likeness (QED) is 0.256. The summed E-state index contributed by atoms with van der Waals surface area (Å²) in [4.78, 5) is 30.5. The van der Waals surface area contributed by atoms with Gasteiger partial charge in [-0.3, -0.25) is 4.79 Å². The van der Waals surface area contributed by atoms with Gasteiger partial charge in [-0.25, -0.2) is 19.5 Å². The fraction of sp³-hybridized carbons (Fsp3) is 0.185. The van der Waals surface area contributed by atoms with Gasteiger partial charge in [0, 0.05) is 41.4 Å². The van der Waals surface area contributed by atoms with Crippen LogP contribution in [0, 0.1) is 12.8 Å². The van der Waals surface area contributed by atoms with Crippen LogP contribution in [0.4, 0.5) is 29.0 Å². The molecule has 1 fully saturated rings. The summed E-state index contributed by atoms with van der Waals surface area (Å²) in [5.74, 6) is 2.09. The molecule has 0 saturated heterocycles. The Morgan fingerprint density at radius 3 is 2.55 bits per heavy atom. The van der Waals surface area contributed by atoms with Gasteiger partial charge in [-0.1, -0.05) is 6.07 Å². The Hall–Kier alpha value is -4.90. The highest BCUT2D eigenvalue weighted by atomic mass is 16.1. The van der Waals surface area contributed by atoms with Gasteiger partial charge in [-0.15, -0.1) is 5.10 Å². The Morgan fingerprint density at radius 2 is 1.76 bits per heavy atom. The van der Waals surface area contributed by atoms with Crippen molar-refractivity contribution in [3.8, 4) is 11.5 Å². The monoisotopic (exact) mass is 506 g/mol. The Bertz CT molecular complexity index is 1610. The van der Waals surface area contributed by atoms with Crippen LogP contribution in [0.25, 0.3) is 17.0 Å². The number of carbonyl (C=O) groups is 1. The topological polar surface area (TPSA) is 148 Å². The van der Waals surface area contributed by atoms with Gasteiger partial charge in [0.25, 0.3) is 0 Å². The van der Waals surface area contributed by atoms with E-state index in [9.17, 15) is 4.79 Å².